The number of anilines is 1. The lowest BCUT2D eigenvalue weighted by Crippen LogP contribution is -1.94. The molecule has 6 heteroatoms. The van der Waals surface area contributed by atoms with Gasteiger partial charge in [0.1, 0.15) is 0 Å². The topological polar surface area (TPSA) is 46.4 Å². The van der Waals surface area contributed by atoms with E-state index < -0.39 is 4.92 Å². The first kappa shape index (κ1) is 9.21. The summed E-state index contributed by atoms with van der Waals surface area (Å²) in [6.45, 7) is 0. The summed E-state index contributed by atoms with van der Waals surface area (Å²) in [5.41, 5.74) is 0.594. The fourth-order valence-electron chi connectivity index (χ4n) is 0.731. The molecule has 4 nitrogen and oxygen atoms in total. The minimum Gasteiger partial charge on any atom is -0.264 e. The molecule has 0 spiro atoms. The van der Waals surface area contributed by atoms with Crippen LogP contribution in [0.4, 0.5) is 11.4 Å². The molecule has 0 fully saturated rings. The van der Waals surface area contributed by atoms with E-state index in [0.717, 1.165) is 0 Å². The van der Waals surface area contributed by atoms with Gasteiger partial charge in [-0.25, -0.2) is 0 Å². The van der Waals surface area contributed by atoms with Crippen molar-refractivity contribution < 1.29 is 4.92 Å². The quantitative estimate of drug-likeness (QED) is 0.438. The van der Waals surface area contributed by atoms with Gasteiger partial charge in [0.2, 0.25) is 0 Å². The second kappa shape index (κ2) is 3.68. The first-order chi connectivity index (χ1) is 5.61. The molecule has 0 aliphatic rings. The molecule has 0 amide bonds. The van der Waals surface area contributed by atoms with Crippen LogP contribution in [-0.2, 0) is 0 Å². The Balaban J connectivity index is 3.04. The molecular formula is C6H6N2O2S2. The number of non-ortho nitro benzene ring substituents is 1. The van der Waals surface area contributed by atoms with Crippen molar-refractivity contribution in [3.8, 4) is 0 Å². The van der Waals surface area contributed by atoms with E-state index in [-0.39, 0.29) is 5.69 Å². The first-order valence-corrected chi connectivity index (χ1v) is 3.83. The second-order valence-corrected chi connectivity index (χ2v) is 3.18. The van der Waals surface area contributed by atoms with Crippen molar-refractivity contribution in [1.82, 2.24) is 0 Å². The van der Waals surface area contributed by atoms with Crippen LogP contribution in [0.25, 0.3) is 0 Å². The van der Waals surface area contributed by atoms with E-state index in [1.54, 1.807) is 12.1 Å². The van der Waals surface area contributed by atoms with Crippen LogP contribution in [0.1, 0.15) is 0 Å². The highest BCUT2D eigenvalue weighted by Gasteiger charge is 2.06. The Morgan fingerprint density at radius 3 is 2.58 bits per heavy atom. The van der Waals surface area contributed by atoms with E-state index in [9.17, 15) is 10.1 Å². The van der Waals surface area contributed by atoms with Gasteiger partial charge in [-0.05, 0) is 6.07 Å². The average molecular weight is 202 g/mol. The molecule has 0 radical (unpaired) electrons. The van der Waals surface area contributed by atoms with Gasteiger partial charge < -0.3 is 0 Å². The predicted molar refractivity (Wildman–Crippen MR) is 53.5 cm³/mol. The van der Waals surface area contributed by atoms with Gasteiger partial charge in [0.05, 0.1) is 10.6 Å². The first-order valence-electron chi connectivity index (χ1n) is 3.03. The van der Waals surface area contributed by atoms with Crippen LogP contribution >= 0.6 is 25.6 Å². The van der Waals surface area contributed by atoms with Gasteiger partial charge in [-0.2, -0.15) is 0 Å². The van der Waals surface area contributed by atoms with Crippen molar-refractivity contribution in [1.29, 1.82) is 0 Å². The number of thiol groups is 2. The third-order valence-corrected chi connectivity index (χ3v) is 1.73. The van der Waals surface area contributed by atoms with Gasteiger partial charge in [-0.3, -0.25) is 13.8 Å². The minimum absolute atomic E-state index is 0.0283. The Hall–Kier alpha value is -0.880. The van der Waals surface area contributed by atoms with Gasteiger partial charge in [0, 0.05) is 12.1 Å². The van der Waals surface area contributed by atoms with E-state index >= 15 is 0 Å². The summed E-state index contributed by atoms with van der Waals surface area (Å²) >= 11 is 7.76. The summed E-state index contributed by atoms with van der Waals surface area (Å²) in [4.78, 5) is 9.85. The molecule has 0 atom stereocenters. The summed E-state index contributed by atoms with van der Waals surface area (Å²) in [5.74, 6) is 0. The molecule has 0 saturated carbocycles. The van der Waals surface area contributed by atoms with E-state index in [0.29, 0.717) is 5.69 Å². The monoisotopic (exact) mass is 202 g/mol. The summed E-state index contributed by atoms with van der Waals surface area (Å²) in [6.07, 6.45) is 0. The number of rotatable bonds is 2. The molecule has 1 rings (SSSR count). The highest BCUT2D eigenvalue weighted by Crippen LogP contribution is 2.23. The smallest absolute Gasteiger partial charge is 0.264 e. The van der Waals surface area contributed by atoms with Gasteiger partial charge in [0.15, 0.2) is 0 Å². The van der Waals surface area contributed by atoms with E-state index in [1.165, 1.54) is 15.8 Å². The zero-order valence-corrected chi connectivity index (χ0v) is 7.70. The lowest BCUT2D eigenvalue weighted by molar-refractivity contribution is -0.384. The maximum Gasteiger partial charge on any atom is 0.271 e. The predicted octanol–water partition coefficient (Wildman–Crippen LogP) is 2.09. The van der Waals surface area contributed by atoms with Crippen molar-refractivity contribution in [3.05, 3.63) is 34.4 Å². The van der Waals surface area contributed by atoms with E-state index in [1.807, 2.05) is 0 Å². The Morgan fingerprint density at radius 2 is 2.08 bits per heavy atom. The average Bonchev–Trinajstić information content (AvgIpc) is 2.04. The van der Waals surface area contributed by atoms with Gasteiger partial charge >= 0.3 is 0 Å². The normalized spacial score (nSPS) is 9.50. The molecule has 0 bridgehead atoms. The molecule has 0 saturated heterocycles. The molecule has 0 heterocycles. The summed E-state index contributed by atoms with van der Waals surface area (Å²) in [5, 5.41) is 10.3. The Bertz CT molecular complexity index is 303. The van der Waals surface area contributed by atoms with Crippen LogP contribution in [0.2, 0.25) is 0 Å². The van der Waals surface area contributed by atoms with Crippen LogP contribution < -0.4 is 3.71 Å². The number of hydrogen-bond acceptors (Lipinski definition) is 5. The SMILES string of the molecule is O=[N+]([O-])c1cccc(N(S)S)c1. The number of nitro groups is 1. The number of nitro benzene ring substituents is 1. The Morgan fingerprint density at radius 1 is 1.42 bits per heavy atom. The molecule has 12 heavy (non-hydrogen) atoms. The van der Waals surface area contributed by atoms with Crippen LogP contribution in [0.15, 0.2) is 24.3 Å². The van der Waals surface area contributed by atoms with Crippen molar-refractivity contribution >= 4 is 37.0 Å². The highest BCUT2D eigenvalue weighted by atomic mass is 32.2. The fourth-order valence-corrected chi connectivity index (χ4v) is 0.980. The third-order valence-electron chi connectivity index (χ3n) is 1.27. The summed E-state index contributed by atoms with van der Waals surface area (Å²) in [6, 6.07) is 6.05. The molecule has 0 aliphatic heterocycles. The highest BCUT2D eigenvalue weighted by molar-refractivity contribution is 8.00. The molecule has 0 N–H and O–H groups in total. The van der Waals surface area contributed by atoms with Crippen molar-refractivity contribution in [2.24, 2.45) is 0 Å². The summed E-state index contributed by atoms with van der Waals surface area (Å²) < 4.78 is 1.22. The number of hydrogen-bond donors (Lipinski definition) is 2. The van der Waals surface area contributed by atoms with E-state index in [4.69, 9.17) is 0 Å². The Labute approximate surface area is 80.4 Å². The van der Waals surface area contributed by atoms with Crippen molar-refractivity contribution in [3.63, 3.8) is 0 Å². The third kappa shape index (κ3) is 2.05. The maximum absolute atomic E-state index is 10.3. The lowest BCUT2D eigenvalue weighted by Gasteiger charge is -2.07. The van der Waals surface area contributed by atoms with Crippen LogP contribution in [0.5, 0.6) is 0 Å². The molecule has 0 aliphatic carbocycles. The largest absolute Gasteiger partial charge is 0.271 e. The van der Waals surface area contributed by atoms with Crippen LogP contribution in [0.3, 0.4) is 0 Å². The molecule has 0 unspecified atom stereocenters. The summed E-state index contributed by atoms with van der Waals surface area (Å²) in [7, 11) is 0. The van der Waals surface area contributed by atoms with Gasteiger partial charge in [0.25, 0.3) is 5.69 Å². The standard InChI is InChI=1S/C6H6N2O2S2/c9-7(10)5-2-1-3-6(4-5)8(11)12/h1-4,11-12H. The van der Waals surface area contributed by atoms with Crippen LogP contribution in [0, 0.1) is 10.1 Å². The zero-order chi connectivity index (χ0) is 9.14. The lowest BCUT2D eigenvalue weighted by atomic mass is 10.3. The molecule has 1 aromatic rings. The molecular weight excluding hydrogens is 196 g/mol. The fraction of sp³-hybridized carbons (Fsp3) is 0. The molecule has 64 valence electrons. The van der Waals surface area contributed by atoms with Gasteiger partial charge in [-0.1, -0.05) is 31.7 Å². The van der Waals surface area contributed by atoms with Crippen LogP contribution in [-0.4, -0.2) is 4.92 Å². The van der Waals surface area contributed by atoms with E-state index in [2.05, 4.69) is 25.6 Å². The molecule has 0 aromatic heterocycles. The molecule has 1 aromatic carbocycles. The van der Waals surface area contributed by atoms with Crippen molar-refractivity contribution in [2.45, 2.75) is 0 Å². The number of nitrogens with zero attached hydrogens (tertiary/aromatic N) is 2. The maximum atomic E-state index is 10.3. The number of benzene rings is 1. The Kier molecular flexibility index (Phi) is 2.83. The minimum atomic E-state index is -0.464. The zero-order valence-electron chi connectivity index (χ0n) is 5.91. The second-order valence-electron chi connectivity index (χ2n) is 2.07. The van der Waals surface area contributed by atoms with Crippen molar-refractivity contribution in [2.75, 3.05) is 3.71 Å². The van der Waals surface area contributed by atoms with Gasteiger partial charge in [-0.15, -0.1) is 0 Å².